The Bertz CT molecular complexity index is 689. The lowest BCUT2D eigenvalue weighted by molar-refractivity contribution is -0.116. The Morgan fingerprint density at radius 1 is 1.00 bits per heavy atom. The molecule has 120 valence electrons. The maximum absolute atomic E-state index is 12.0. The van der Waals surface area contributed by atoms with Crippen molar-refractivity contribution < 1.29 is 9.59 Å². The second-order valence-corrected chi connectivity index (χ2v) is 6.74. The van der Waals surface area contributed by atoms with E-state index in [-0.39, 0.29) is 11.8 Å². The molecule has 2 aromatic carbocycles. The molecule has 0 spiro atoms. The molecule has 2 rings (SSSR count). The van der Waals surface area contributed by atoms with E-state index in [1.165, 1.54) is 11.8 Å². The number of hydrogen-bond donors (Lipinski definition) is 2. The van der Waals surface area contributed by atoms with Gasteiger partial charge in [-0.25, -0.2) is 0 Å². The summed E-state index contributed by atoms with van der Waals surface area (Å²) in [4.78, 5) is 24.4. The zero-order chi connectivity index (χ0) is 16.7. The van der Waals surface area contributed by atoms with Crippen molar-refractivity contribution in [1.29, 1.82) is 0 Å². The highest BCUT2D eigenvalue weighted by Crippen LogP contribution is 2.21. The van der Waals surface area contributed by atoms with Gasteiger partial charge in [0.15, 0.2) is 0 Å². The van der Waals surface area contributed by atoms with Crippen LogP contribution in [0.4, 0.5) is 11.4 Å². The third-order valence-electron chi connectivity index (χ3n) is 2.93. The monoisotopic (exact) mass is 392 g/mol. The van der Waals surface area contributed by atoms with Crippen LogP contribution in [0.5, 0.6) is 0 Å². The van der Waals surface area contributed by atoms with Crippen LogP contribution in [0.3, 0.4) is 0 Å². The molecule has 0 bridgehead atoms. The highest BCUT2D eigenvalue weighted by Gasteiger charge is 2.05. The van der Waals surface area contributed by atoms with Gasteiger partial charge in [0.1, 0.15) is 0 Å². The van der Waals surface area contributed by atoms with Crippen LogP contribution in [0, 0.1) is 0 Å². The van der Waals surface area contributed by atoms with E-state index < -0.39 is 0 Å². The van der Waals surface area contributed by atoms with Gasteiger partial charge in [0, 0.05) is 27.2 Å². The van der Waals surface area contributed by atoms with Crippen molar-refractivity contribution in [1.82, 2.24) is 0 Å². The van der Waals surface area contributed by atoms with E-state index in [9.17, 15) is 9.59 Å². The van der Waals surface area contributed by atoms with Gasteiger partial charge in [-0.15, -0.1) is 11.8 Å². The molecular formula is C17H17BrN2O2S. The molecule has 0 saturated heterocycles. The van der Waals surface area contributed by atoms with Gasteiger partial charge < -0.3 is 10.6 Å². The van der Waals surface area contributed by atoms with Crippen molar-refractivity contribution in [3.63, 3.8) is 0 Å². The zero-order valence-electron chi connectivity index (χ0n) is 12.6. The maximum atomic E-state index is 12.0. The predicted molar refractivity (Wildman–Crippen MR) is 98.9 cm³/mol. The zero-order valence-corrected chi connectivity index (χ0v) is 15.0. The van der Waals surface area contributed by atoms with E-state index in [0.29, 0.717) is 23.5 Å². The number of anilines is 2. The normalized spacial score (nSPS) is 10.2. The number of benzene rings is 2. The summed E-state index contributed by atoms with van der Waals surface area (Å²) >= 11 is 4.85. The van der Waals surface area contributed by atoms with E-state index in [2.05, 4.69) is 26.6 Å². The molecule has 0 atom stereocenters. The first-order valence-corrected chi connectivity index (χ1v) is 8.93. The Kier molecular flexibility index (Phi) is 6.67. The average Bonchev–Trinajstić information content (AvgIpc) is 2.54. The van der Waals surface area contributed by atoms with Crippen LogP contribution >= 0.6 is 27.7 Å². The minimum atomic E-state index is -0.0862. The smallest absolute Gasteiger partial charge is 0.234 e. The number of carbonyl (C=O) groups excluding carboxylic acids is 2. The van der Waals surface area contributed by atoms with Gasteiger partial charge in [-0.1, -0.05) is 28.9 Å². The third kappa shape index (κ3) is 6.08. The number of hydrogen-bond acceptors (Lipinski definition) is 3. The van der Waals surface area contributed by atoms with Crippen molar-refractivity contribution in [3.8, 4) is 0 Å². The van der Waals surface area contributed by atoms with Crippen molar-refractivity contribution in [2.45, 2.75) is 18.2 Å². The molecule has 2 amide bonds. The SMILES string of the molecule is CCC(=O)Nc1cccc(NC(=O)CSc2ccc(Br)cc2)c1. The third-order valence-corrected chi connectivity index (χ3v) is 4.48. The Morgan fingerprint density at radius 2 is 1.61 bits per heavy atom. The van der Waals surface area contributed by atoms with E-state index >= 15 is 0 Å². The summed E-state index contributed by atoms with van der Waals surface area (Å²) in [6.45, 7) is 1.79. The lowest BCUT2D eigenvalue weighted by atomic mass is 10.2. The molecule has 0 saturated carbocycles. The Morgan fingerprint density at radius 3 is 2.22 bits per heavy atom. The van der Waals surface area contributed by atoms with Crippen molar-refractivity contribution in [2.75, 3.05) is 16.4 Å². The fraction of sp³-hybridized carbons (Fsp3) is 0.176. The standard InChI is InChI=1S/C17H17BrN2O2S/c1-2-16(21)19-13-4-3-5-14(10-13)20-17(22)11-23-15-8-6-12(18)7-9-15/h3-10H,2,11H2,1H3,(H,19,21)(H,20,22). The van der Waals surface area contributed by atoms with Crippen LogP contribution in [-0.4, -0.2) is 17.6 Å². The molecule has 23 heavy (non-hydrogen) atoms. The van der Waals surface area contributed by atoms with E-state index in [0.717, 1.165) is 9.37 Å². The second kappa shape index (κ2) is 8.74. The summed E-state index contributed by atoms with van der Waals surface area (Å²) in [5.74, 6) is 0.184. The summed E-state index contributed by atoms with van der Waals surface area (Å²) < 4.78 is 1.01. The number of carbonyl (C=O) groups is 2. The van der Waals surface area contributed by atoms with Gasteiger partial charge >= 0.3 is 0 Å². The van der Waals surface area contributed by atoms with Crippen LogP contribution in [0.1, 0.15) is 13.3 Å². The molecule has 0 unspecified atom stereocenters. The van der Waals surface area contributed by atoms with Gasteiger partial charge in [-0.2, -0.15) is 0 Å². The number of amides is 2. The topological polar surface area (TPSA) is 58.2 Å². The van der Waals surface area contributed by atoms with Crippen LogP contribution in [-0.2, 0) is 9.59 Å². The highest BCUT2D eigenvalue weighted by molar-refractivity contribution is 9.10. The minimum Gasteiger partial charge on any atom is -0.326 e. The van der Waals surface area contributed by atoms with Gasteiger partial charge in [0.25, 0.3) is 0 Å². The lowest BCUT2D eigenvalue weighted by Crippen LogP contribution is -2.14. The van der Waals surface area contributed by atoms with Crippen molar-refractivity contribution >= 4 is 50.9 Å². The Labute approximate surface area is 148 Å². The Hall–Kier alpha value is -1.79. The van der Waals surface area contributed by atoms with Crippen LogP contribution in [0.15, 0.2) is 57.9 Å². The summed E-state index contributed by atoms with van der Waals surface area (Å²) in [6, 6.07) is 14.9. The van der Waals surface area contributed by atoms with Crippen LogP contribution < -0.4 is 10.6 Å². The van der Waals surface area contributed by atoms with E-state index in [1.54, 1.807) is 31.2 Å². The predicted octanol–water partition coefficient (Wildman–Crippen LogP) is 4.53. The van der Waals surface area contributed by atoms with Gasteiger partial charge in [-0.3, -0.25) is 9.59 Å². The number of nitrogens with one attached hydrogen (secondary N) is 2. The number of thioether (sulfide) groups is 1. The first-order chi connectivity index (χ1) is 11.1. The summed E-state index contributed by atoms with van der Waals surface area (Å²) in [5.41, 5.74) is 1.34. The molecule has 0 aliphatic carbocycles. The number of rotatable bonds is 6. The van der Waals surface area contributed by atoms with Crippen LogP contribution in [0.2, 0.25) is 0 Å². The van der Waals surface area contributed by atoms with Gasteiger partial charge in [0.05, 0.1) is 5.75 Å². The maximum Gasteiger partial charge on any atom is 0.234 e. The van der Waals surface area contributed by atoms with Crippen molar-refractivity contribution in [2.24, 2.45) is 0 Å². The average molecular weight is 393 g/mol. The molecule has 6 heteroatoms. The summed E-state index contributed by atoms with van der Waals surface area (Å²) in [7, 11) is 0. The quantitative estimate of drug-likeness (QED) is 0.709. The van der Waals surface area contributed by atoms with Gasteiger partial charge in [-0.05, 0) is 42.5 Å². The van der Waals surface area contributed by atoms with Gasteiger partial charge in [0.2, 0.25) is 11.8 Å². The summed E-state index contributed by atoms with van der Waals surface area (Å²) in [5, 5.41) is 5.60. The first-order valence-electron chi connectivity index (χ1n) is 7.15. The summed E-state index contributed by atoms with van der Waals surface area (Å²) in [6.07, 6.45) is 0.417. The molecule has 0 fully saturated rings. The number of halogens is 1. The molecule has 0 radical (unpaired) electrons. The fourth-order valence-corrected chi connectivity index (χ4v) is 2.76. The van der Waals surface area contributed by atoms with Crippen LogP contribution in [0.25, 0.3) is 0 Å². The fourth-order valence-electron chi connectivity index (χ4n) is 1.80. The Balaban J connectivity index is 1.88. The minimum absolute atomic E-state index is 0.0562. The lowest BCUT2D eigenvalue weighted by Gasteiger charge is -2.08. The molecule has 0 aromatic heterocycles. The molecule has 2 aromatic rings. The first kappa shape index (κ1) is 17.6. The van der Waals surface area contributed by atoms with E-state index in [4.69, 9.17) is 0 Å². The van der Waals surface area contributed by atoms with E-state index in [1.807, 2.05) is 24.3 Å². The molecule has 0 heterocycles. The molecule has 2 N–H and O–H groups in total. The van der Waals surface area contributed by atoms with Crippen molar-refractivity contribution in [3.05, 3.63) is 53.0 Å². The molecule has 0 aliphatic rings. The molecular weight excluding hydrogens is 376 g/mol. The second-order valence-electron chi connectivity index (χ2n) is 4.77. The largest absolute Gasteiger partial charge is 0.326 e. The molecule has 4 nitrogen and oxygen atoms in total. The highest BCUT2D eigenvalue weighted by atomic mass is 79.9. The molecule has 0 aliphatic heterocycles.